The molecule has 0 spiro atoms. The molecule has 2 heterocycles. The summed E-state index contributed by atoms with van der Waals surface area (Å²) in [6.45, 7) is 4.47. The maximum atomic E-state index is 13.4. The third-order valence-corrected chi connectivity index (χ3v) is 4.71. The maximum absolute atomic E-state index is 13.4. The van der Waals surface area contributed by atoms with Crippen LogP contribution in [0.15, 0.2) is 42.5 Å². The molecule has 0 radical (unpaired) electrons. The van der Waals surface area contributed by atoms with Gasteiger partial charge in [-0.1, -0.05) is 0 Å². The molecular weight excluding hydrogens is 363 g/mol. The van der Waals surface area contributed by atoms with E-state index >= 15 is 0 Å². The standard InChI is InChI=1S/C20H19FN4O3/c1-12-11-22-8-9-25(12)19-18(13-2-4-14(21)5-3-13)23-16-7-6-15(28-20(26)27)10-17(16)24-19/h2-7,10,12,22H,8-9,11H2,1H3,(H,26,27)/t12-/m0/s1. The van der Waals surface area contributed by atoms with E-state index in [1.807, 2.05) is 0 Å². The lowest BCUT2D eigenvalue weighted by molar-refractivity contribution is 0.144. The number of fused-ring (bicyclic) bond motifs is 1. The number of piperazine rings is 1. The number of carbonyl (C=O) groups is 1. The predicted molar refractivity (Wildman–Crippen MR) is 103 cm³/mol. The highest BCUT2D eigenvalue weighted by atomic mass is 19.1. The Hall–Kier alpha value is -3.26. The van der Waals surface area contributed by atoms with E-state index in [1.165, 1.54) is 18.2 Å². The van der Waals surface area contributed by atoms with Gasteiger partial charge < -0.3 is 20.1 Å². The molecule has 0 amide bonds. The van der Waals surface area contributed by atoms with Crippen molar-refractivity contribution in [3.63, 3.8) is 0 Å². The molecular formula is C20H19FN4O3. The minimum atomic E-state index is -1.38. The lowest BCUT2D eigenvalue weighted by Crippen LogP contribution is -2.50. The van der Waals surface area contributed by atoms with Crippen LogP contribution in [0.5, 0.6) is 5.75 Å². The van der Waals surface area contributed by atoms with Crippen molar-refractivity contribution in [1.29, 1.82) is 0 Å². The van der Waals surface area contributed by atoms with Gasteiger partial charge >= 0.3 is 6.16 Å². The third-order valence-electron chi connectivity index (χ3n) is 4.71. The lowest BCUT2D eigenvalue weighted by Gasteiger charge is -2.35. The van der Waals surface area contributed by atoms with Crippen molar-refractivity contribution in [2.45, 2.75) is 13.0 Å². The zero-order chi connectivity index (χ0) is 19.7. The molecule has 7 nitrogen and oxygen atoms in total. The maximum Gasteiger partial charge on any atom is 0.511 e. The van der Waals surface area contributed by atoms with Crippen LogP contribution in [-0.2, 0) is 0 Å². The smallest absolute Gasteiger partial charge is 0.449 e. The molecule has 8 heteroatoms. The molecule has 1 fully saturated rings. The van der Waals surface area contributed by atoms with Crippen molar-refractivity contribution >= 4 is 23.0 Å². The molecule has 0 saturated carbocycles. The number of nitrogens with zero attached hydrogens (tertiary/aromatic N) is 3. The molecule has 2 aromatic carbocycles. The number of anilines is 1. The number of carboxylic acid groups (broad SMARTS) is 1. The number of hydrogen-bond donors (Lipinski definition) is 2. The van der Waals surface area contributed by atoms with Crippen molar-refractivity contribution in [2.75, 3.05) is 24.5 Å². The Morgan fingerprint density at radius 1 is 1.21 bits per heavy atom. The van der Waals surface area contributed by atoms with Gasteiger partial charge in [-0.15, -0.1) is 0 Å². The highest BCUT2D eigenvalue weighted by Gasteiger charge is 2.24. The summed E-state index contributed by atoms with van der Waals surface area (Å²) in [4.78, 5) is 22.5. The second-order valence-corrected chi connectivity index (χ2v) is 6.67. The first kappa shape index (κ1) is 18.1. The Bertz CT molecular complexity index is 1030. The summed E-state index contributed by atoms with van der Waals surface area (Å²) in [5.74, 6) is 0.550. The van der Waals surface area contributed by atoms with Crippen molar-refractivity contribution < 1.29 is 19.0 Å². The normalized spacial score (nSPS) is 16.9. The first-order chi connectivity index (χ1) is 13.5. The Kier molecular flexibility index (Phi) is 4.79. The molecule has 1 atom stereocenters. The Labute approximate surface area is 160 Å². The van der Waals surface area contributed by atoms with Gasteiger partial charge in [0.2, 0.25) is 0 Å². The minimum absolute atomic E-state index is 0.183. The molecule has 1 saturated heterocycles. The van der Waals surface area contributed by atoms with E-state index in [0.29, 0.717) is 22.5 Å². The van der Waals surface area contributed by atoms with Gasteiger partial charge in [-0.2, -0.15) is 0 Å². The molecule has 144 valence electrons. The molecule has 1 aliphatic heterocycles. The van der Waals surface area contributed by atoms with Gasteiger partial charge in [0.25, 0.3) is 0 Å². The van der Waals surface area contributed by atoms with Crippen LogP contribution >= 0.6 is 0 Å². The SMILES string of the molecule is C[C@H]1CNCCN1c1nc2cc(OC(=O)O)ccc2nc1-c1ccc(F)cc1. The summed E-state index contributed by atoms with van der Waals surface area (Å²) in [5.41, 5.74) is 2.56. The number of hydrogen-bond acceptors (Lipinski definition) is 6. The molecule has 4 rings (SSSR count). The molecule has 1 aliphatic rings. The summed E-state index contributed by atoms with van der Waals surface area (Å²) in [6.07, 6.45) is -1.38. The fraction of sp³-hybridized carbons (Fsp3) is 0.250. The number of aromatic nitrogens is 2. The Morgan fingerprint density at radius 3 is 2.71 bits per heavy atom. The van der Waals surface area contributed by atoms with Crippen LogP contribution in [-0.4, -0.2) is 46.9 Å². The van der Waals surface area contributed by atoms with Crippen LogP contribution in [0, 0.1) is 5.82 Å². The number of rotatable bonds is 3. The molecule has 1 aromatic heterocycles. The van der Waals surface area contributed by atoms with Crippen LogP contribution in [0.3, 0.4) is 0 Å². The van der Waals surface area contributed by atoms with Gasteiger partial charge in [0, 0.05) is 37.3 Å². The van der Waals surface area contributed by atoms with Crippen molar-refractivity contribution in [2.24, 2.45) is 0 Å². The summed E-state index contributed by atoms with van der Waals surface area (Å²) in [6, 6.07) is 11.1. The summed E-state index contributed by atoms with van der Waals surface area (Å²) in [5, 5.41) is 12.2. The topological polar surface area (TPSA) is 87.6 Å². The second-order valence-electron chi connectivity index (χ2n) is 6.67. The van der Waals surface area contributed by atoms with Gasteiger partial charge in [0.15, 0.2) is 5.82 Å². The van der Waals surface area contributed by atoms with Gasteiger partial charge in [0.1, 0.15) is 17.3 Å². The monoisotopic (exact) mass is 382 g/mol. The first-order valence-electron chi connectivity index (χ1n) is 8.97. The van der Waals surface area contributed by atoms with E-state index in [0.717, 1.165) is 25.2 Å². The van der Waals surface area contributed by atoms with E-state index in [-0.39, 0.29) is 17.6 Å². The van der Waals surface area contributed by atoms with E-state index < -0.39 is 6.16 Å². The largest absolute Gasteiger partial charge is 0.511 e. The van der Waals surface area contributed by atoms with Crippen LogP contribution < -0.4 is 15.0 Å². The van der Waals surface area contributed by atoms with Crippen molar-refractivity contribution in [3.8, 4) is 17.0 Å². The Morgan fingerprint density at radius 2 is 2.00 bits per heavy atom. The molecule has 0 unspecified atom stereocenters. The van der Waals surface area contributed by atoms with E-state index in [1.54, 1.807) is 24.3 Å². The molecule has 28 heavy (non-hydrogen) atoms. The predicted octanol–water partition coefficient (Wildman–Crippen LogP) is 3.29. The van der Waals surface area contributed by atoms with Gasteiger partial charge in [-0.05, 0) is 43.3 Å². The molecule has 0 bridgehead atoms. The highest BCUT2D eigenvalue weighted by molar-refractivity contribution is 5.85. The molecule has 3 aromatic rings. The first-order valence-corrected chi connectivity index (χ1v) is 8.97. The van der Waals surface area contributed by atoms with Crippen LogP contribution in [0.25, 0.3) is 22.3 Å². The zero-order valence-electron chi connectivity index (χ0n) is 15.2. The zero-order valence-corrected chi connectivity index (χ0v) is 15.2. The number of ether oxygens (including phenoxy) is 1. The second kappa shape index (κ2) is 7.40. The fourth-order valence-corrected chi connectivity index (χ4v) is 3.35. The number of halogens is 1. The van der Waals surface area contributed by atoms with Gasteiger partial charge in [-0.25, -0.2) is 19.2 Å². The van der Waals surface area contributed by atoms with Crippen molar-refractivity contribution in [1.82, 2.24) is 15.3 Å². The van der Waals surface area contributed by atoms with Crippen LogP contribution in [0.2, 0.25) is 0 Å². The number of nitrogens with one attached hydrogen (secondary N) is 1. The van der Waals surface area contributed by atoms with Crippen LogP contribution in [0.1, 0.15) is 6.92 Å². The average molecular weight is 382 g/mol. The third kappa shape index (κ3) is 3.59. The number of benzene rings is 2. The summed E-state index contributed by atoms with van der Waals surface area (Å²) < 4.78 is 18.1. The van der Waals surface area contributed by atoms with E-state index in [2.05, 4.69) is 17.1 Å². The highest BCUT2D eigenvalue weighted by Crippen LogP contribution is 2.32. The summed E-state index contributed by atoms with van der Waals surface area (Å²) in [7, 11) is 0. The van der Waals surface area contributed by atoms with Gasteiger partial charge in [-0.3, -0.25) is 0 Å². The minimum Gasteiger partial charge on any atom is -0.449 e. The Balaban J connectivity index is 1.88. The molecule has 2 N–H and O–H groups in total. The van der Waals surface area contributed by atoms with Gasteiger partial charge in [0.05, 0.1) is 11.0 Å². The van der Waals surface area contributed by atoms with Crippen molar-refractivity contribution in [3.05, 3.63) is 48.3 Å². The van der Waals surface area contributed by atoms with Crippen LogP contribution in [0.4, 0.5) is 15.0 Å². The lowest BCUT2D eigenvalue weighted by atomic mass is 10.1. The molecule has 0 aliphatic carbocycles. The van der Waals surface area contributed by atoms with E-state index in [4.69, 9.17) is 19.8 Å². The fourth-order valence-electron chi connectivity index (χ4n) is 3.35. The quantitative estimate of drug-likeness (QED) is 0.531. The van der Waals surface area contributed by atoms with E-state index in [9.17, 15) is 9.18 Å². The average Bonchev–Trinajstić information content (AvgIpc) is 2.68. The summed E-state index contributed by atoms with van der Waals surface area (Å²) >= 11 is 0.